The Morgan fingerprint density at radius 3 is 2.50 bits per heavy atom. The number of fused-ring (bicyclic) bond motifs is 1. The smallest absolute Gasteiger partial charge is 0.475 e. The van der Waals surface area contributed by atoms with Gasteiger partial charge in [0, 0.05) is 47.2 Å². The average molecular weight is 495 g/mol. The molecule has 3 aromatic heterocycles. The second-order valence-electron chi connectivity index (χ2n) is 7.75. The van der Waals surface area contributed by atoms with Gasteiger partial charge in [0.1, 0.15) is 0 Å². The van der Waals surface area contributed by atoms with Crippen LogP contribution in [-0.2, 0) is 11.2 Å². The van der Waals surface area contributed by atoms with Gasteiger partial charge in [0.25, 0.3) is 5.91 Å². The van der Waals surface area contributed by atoms with Crippen LogP contribution in [0.1, 0.15) is 27.3 Å². The lowest BCUT2D eigenvalue weighted by Crippen LogP contribution is -2.31. The number of carbonyl (C=O) groups excluding carboxylic acids is 1. The van der Waals surface area contributed by atoms with E-state index in [9.17, 15) is 18.0 Å². The van der Waals surface area contributed by atoms with Crippen molar-refractivity contribution in [2.24, 2.45) is 0 Å². The first kappa shape index (κ1) is 24.5. The summed E-state index contributed by atoms with van der Waals surface area (Å²) in [5.41, 5.74) is 7.53. The Bertz CT molecular complexity index is 1410. The van der Waals surface area contributed by atoms with Crippen molar-refractivity contribution in [1.82, 2.24) is 25.5 Å². The number of amides is 1. The fourth-order valence-corrected chi connectivity index (χ4v) is 3.59. The monoisotopic (exact) mass is 495 g/mol. The minimum atomic E-state index is -5.08. The summed E-state index contributed by atoms with van der Waals surface area (Å²) in [4.78, 5) is 28.7. The SMILES string of the molecule is O=C(O)C(F)(F)F.O=C1NCCc2[nH]c(-c3ccnc(/C=C\c4cn[nH]c4-c4ccccc4)c3)cc21. The molecule has 0 aliphatic carbocycles. The fourth-order valence-electron chi connectivity index (χ4n) is 3.59. The van der Waals surface area contributed by atoms with Gasteiger partial charge in [-0.1, -0.05) is 30.3 Å². The number of aromatic amines is 2. The Morgan fingerprint density at radius 1 is 1.06 bits per heavy atom. The molecule has 1 aliphatic heterocycles. The van der Waals surface area contributed by atoms with Crippen molar-refractivity contribution in [3.05, 3.63) is 83.4 Å². The highest BCUT2D eigenvalue weighted by Crippen LogP contribution is 2.26. The van der Waals surface area contributed by atoms with Crippen LogP contribution >= 0.6 is 0 Å². The van der Waals surface area contributed by atoms with Crippen molar-refractivity contribution in [1.29, 1.82) is 0 Å². The summed E-state index contributed by atoms with van der Waals surface area (Å²) in [5.74, 6) is -2.77. The zero-order chi connectivity index (χ0) is 25.7. The van der Waals surface area contributed by atoms with Crippen LogP contribution in [0.5, 0.6) is 0 Å². The molecule has 0 radical (unpaired) electrons. The molecule has 0 atom stereocenters. The number of aromatic nitrogens is 4. The number of H-pyrrole nitrogens is 2. The van der Waals surface area contributed by atoms with Crippen molar-refractivity contribution >= 4 is 24.0 Å². The maximum atomic E-state index is 12.0. The number of alkyl halides is 3. The van der Waals surface area contributed by atoms with E-state index < -0.39 is 12.1 Å². The summed E-state index contributed by atoms with van der Waals surface area (Å²) in [6.45, 7) is 0.671. The number of halogens is 3. The lowest BCUT2D eigenvalue weighted by molar-refractivity contribution is -0.192. The number of benzene rings is 1. The summed E-state index contributed by atoms with van der Waals surface area (Å²) in [6.07, 6.45) is 3.30. The molecular weight excluding hydrogens is 475 g/mol. The topological polar surface area (TPSA) is 124 Å². The molecule has 0 saturated heterocycles. The number of pyridine rings is 1. The number of rotatable bonds is 4. The summed E-state index contributed by atoms with van der Waals surface area (Å²) in [7, 11) is 0. The Labute approximate surface area is 202 Å². The molecule has 1 amide bonds. The van der Waals surface area contributed by atoms with Crippen LogP contribution in [0.15, 0.2) is 60.9 Å². The lowest BCUT2D eigenvalue weighted by atomic mass is 10.1. The molecule has 5 rings (SSSR count). The first-order chi connectivity index (χ1) is 17.2. The molecular formula is C25H20F3N5O3. The van der Waals surface area contributed by atoms with E-state index >= 15 is 0 Å². The maximum absolute atomic E-state index is 12.0. The van der Waals surface area contributed by atoms with Gasteiger partial charge in [-0.25, -0.2) is 4.79 Å². The van der Waals surface area contributed by atoms with Gasteiger partial charge in [0.2, 0.25) is 0 Å². The zero-order valence-corrected chi connectivity index (χ0v) is 18.6. The van der Waals surface area contributed by atoms with Gasteiger partial charge in [-0.05, 0) is 30.4 Å². The second-order valence-corrected chi connectivity index (χ2v) is 7.75. The number of hydrogen-bond donors (Lipinski definition) is 4. The van der Waals surface area contributed by atoms with Crippen LogP contribution in [0, 0.1) is 0 Å². The van der Waals surface area contributed by atoms with E-state index in [0.717, 1.165) is 51.5 Å². The predicted molar refractivity (Wildman–Crippen MR) is 127 cm³/mol. The first-order valence-electron chi connectivity index (χ1n) is 10.8. The number of nitrogens with one attached hydrogen (secondary N) is 3. The van der Waals surface area contributed by atoms with Gasteiger partial charge in [-0.3, -0.25) is 14.9 Å². The number of carbonyl (C=O) groups is 2. The highest BCUT2D eigenvalue weighted by molar-refractivity contribution is 5.97. The van der Waals surface area contributed by atoms with Gasteiger partial charge < -0.3 is 15.4 Å². The van der Waals surface area contributed by atoms with Crippen LogP contribution in [0.2, 0.25) is 0 Å². The normalized spacial score (nSPS) is 13.0. The largest absolute Gasteiger partial charge is 0.490 e. The number of nitrogens with zero attached hydrogens (tertiary/aromatic N) is 2. The maximum Gasteiger partial charge on any atom is 0.490 e. The molecule has 11 heteroatoms. The Hall–Kier alpha value is -4.67. The van der Waals surface area contributed by atoms with Crippen LogP contribution in [0.4, 0.5) is 13.2 Å². The fraction of sp³-hybridized carbons (Fsp3) is 0.120. The van der Waals surface area contributed by atoms with E-state index in [2.05, 4.69) is 25.5 Å². The quantitative estimate of drug-likeness (QED) is 0.331. The molecule has 4 N–H and O–H groups in total. The van der Waals surface area contributed by atoms with E-state index in [0.29, 0.717) is 6.54 Å². The van der Waals surface area contributed by atoms with E-state index in [4.69, 9.17) is 9.90 Å². The Morgan fingerprint density at radius 2 is 1.81 bits per heavy atom. The van der Waals surface area contributed by atoms with Crippen molar-refractivity contribution < 1.29 is 27.9 Å². The van der Waals surface area contributed by atoms with Gasteiger partial charge in [-0.2, -0.15) is 18.3 Å². The molecule has 4 aromatic rings. The highest BCUT2D eigenvalue weighted by Gasteiger charge is 2.38. The molecule has 0 bridgehead atoms. The number of aliphatic carboxylic acids is 1. The summed E-state index contributed by atoms with van der Waals surface area (Å²) < 4.78 is 31.7. The minimum absolute atomic E-state index is 0.0173. The molecule has 8 nitrogen and oxygen atoms in total. The van der Waals surface area contributed by atoms with Crippen molar-refractivity contribution in [2.45, 2.75) is 12.6 Å². The molecule has 0 spiro atoms. The number of carboxylic acid groups (broad SMARTS) is 1. The van der Waals surface area contributed by atoms with Crippen molar-refractivity contribution in [3.63, 3.8) is 0 Å². The molecule has 36 heavy (non-hydrogen) atoms. The summed E-state index contributed by atoms with van der Waals surface area (Å²) in [6, 6.07) is 16.0. The summed E-state index contributed by atoms with van der Waals surface area (Å²) >= 11 is 0. The van der Waals surface area contributed by atoms with Crippen molar-refractivity contribution in [2.75, 3.05) is 6.54 Å². The molecule has 0 saturated carbocycles. The molecule has 4 heterocycles. The van der Waals surface area contributed by atoms with Crippen LogP contribution in [0.3, 0.4) is 0 Å². The molecule has 1 aliphatic rings. The summed E-state index contributed by atoms with van der Waals surface area (Å²) in [5, 5.41) is 17.2. The third kappa shape index (κ3) is 5.69. The standard InChI is InChI=1S/C23H19N5O.C2HF3O2/c29-23-19-13-21(27-20(19)9-11-25-23)16-8-10-24-18(12-16)7-6-17-14-26-28-22(17)15-4-2-1-3-5-15;3-2(4,5)1(6)7/h1-8,10,12-14,27H,9,11H2,(H,25,29)(H,26,28);(H,6,7)/b7-6-;. The van der Waals surface area contributed by atoms with Crippen LogP contribution < -0.4 is 5.32 Å². The van der Waals surface area contributed by atoms with E-state index in [-0.39, 0.29) is 5.91 Å². The van der Waals surface area contributed by atoms with E-state index in [1.807, 2.05) is 60.7 Å². The van der Waals surface area contributed by atoms with Gasteiger partial charge in [-0.15, -0.1) is 0 Å². The highest BCUT2D eigenvalue weighted by atomic mass is 19.4. The van der Waals surface area contributed by atoms with Crippen LogP contribution in [0.25, 0.3) is 34.7 Å². The number of hydrogen-bond acceptors (Lipinski definition) is 4. The van der Waals surface area contributed by atoms with Gasteiger partial charge in [0.05, 0.1) is 23.1 Å². The van der Waals surface area contributed by atoms with Gasteiger partial charge >= 0.3 is 12.1 Å². The Balaban J connectivity index is 0.000000384. The van der Waals surface area contributed by atoms with Crippen molar-refractivity contribution in [3.8, 4) is 22.5 Å². The third-order valence-electron chi connectivity index (χ3n) is 5.30. The molecule has 0 fully saturated rings. The average Bonchev–Trinajstić information content (AvgIpc) is 3.51. The van der Waals surface area contributed by atoms with E-state index in [1.165, 1.54) is 0 Å². The third-order valence-corrected chi connectivity index (χ3v) is 5.30. The van der Waals surface area contributed by atoms with Gasteiger partial charge in [0.15, 0.2) is 0 Å². The number of carboxylic acids is 1. The molecule has 184 valence electrons. The Kier molecular flexibility index (Phi) is 7.00. The lowest BCUT2D eigenvalue weighted by Gasteiger charge is -2.10. The van der Waals surface area contributed by atoms with Crippen LogP contribution in [-0.4, -0.2) is 49.9 Å². The predicted octanol–water partition coefficient (Wildman–Crippen LogP) is 4.56. The second kappa shape index (κ2) is 10.3. The van der Waals surface area contributed by atoms with E-state index in [1.54, 1.807) is 12.4 Å². The molecule has 1 aromatic carbocycles. The first-order valence-corrected chi connectivity index (χ1v) is 10.8. The zero-order valence-electron chi connectivity index (χ0n) is 18.6. The molecule has 0 unspecified atom stereocenters. The minimum Gasteiger partial charge on any atom is -0.475 e.